The predicted octanol–water partition coefficient (Wildman–Crippen LogP) is 2.18. The Morgan fingerprint density at radius 3 is 2.92 bits per heavy atom. The molecule has 4 rings (SSSR count). The molecule has 4 heterocycles. The summed E-state index contributed by atoms with van der Waals surface area (Å²) in [4.78, 5) is 13.4. The zero-order valence-corrected chi connectivity index (χ0v) is 13.6. The van der Waals surface area contributed by atoms with Crippen LogP contribution in [0.15, 0.2) is 17.0 Å². The number of aromatic amines is 1. The van der Waals surface area contributed by atoms with E-state index in [1.807, 2.05) is 11.0 Å². The lowest BCUT2D eigenvalue weighted by molar-refractivity contribution is -0.148. The molecule has 0 saturated carbocycles. The molecule has 12 heteroatoms. The fourth-order valence-electron chi connectivity index (χ4n) is 2.91. The van der Waals surface area contributed by atoms with Gasteiger partial charge < -0.3 is 9.88 Å². The zero-order valence-electron chi connectivity index (χ0n) is 12.0. The largest absolute Gasteiger partial charge is 0.453 e. The molecule has 0 bridgehead atoms. The van der Waals surface area contributed by atoms with Gasteiger partial charge in [0.2, 0.25) is 0 Å². The number of nitrogens with one attached hydrogen (secondary N) is 1. The minimum absolute atomic E-state index is 0.336. The quantitative estimate of drug-likeness (QED) is 0.706. The van der Waals surface area contributed by atoms with Crippen molar-refractivity contribution in [2.45, 2.75) is 18.6 Å². The lowest BCUT2D eigenvalue weighted by Gasteiger charge is -2.18. The van der Waals surface area contributed by atoms with Crippen molar-refractivity contribution in [2.75, 3.05) is 18.0 Å². The second-order valence-electron chi connectivity index (χ2n) is 5.41. The highest BCUT2D eigenvalue weighted by molar-refractivity contribution is 9.10. The minimum Gasteiger partial charge on any atom is -0.354 e. The maximum Gasteiger partial charge on any atom is 0.453 e. The summed E-state index contributed by atoms with van der Waals surface area (Å²) in [7, 11) is 0. The monoisotopic (exact) mass is 402 g/mol. The third-order valence-electron chi connectivity index (χ3n) is 3.93. The number of fused-ring (bicyclic) bond motifs is 1. The number of alkyl halides is 3. The molecule has 1 aliphatic rings. The van der Waals surface area contributed by atoms with Crippen molar-refractivity contribution in [3.8, 4) is 0 Å². The normalized spacial score (nSPS) is 18.7. The Morgan fingerprint density at radius 2 is 2.12 bits per heavy atom. The number of anilines is 1. The third-order valence-corrected chi connectivity index (χ3v) is 4.35. The number of aromatic nitrogens is 7. The molecule has 1 fully saturated rings. The maximum absolute atomic E-state index is 13.0. The molecule has 0 amide bonds. The Balaban J connectivity index is 1.64. The van der Waals surface area contributed by atoms with Crippen LogP contribution in [-0.4, -0.2) is 48.2 Å². The van der Waals surface area contributed by atoms with Crippen molar-refractivity contribution in [1.82, 2.24) is 35.2 Å². The molecule has 0 spiro atoms. The van der Waals surface area contributed by atoms with Crippen LogP contribution in [-0.2, 0) is 6.18 Å². The van der Waals surface area contributed by atoms with Crippen molar-refractivity contribution >= 4 is 32.8 Å². The van der Waals surface area contributed by atoms with Crippen molar-refractivity contribution in [2.24, 2.45) is 0 Å². The lowest BCUT2D eigenvalue weighted by Crippen LogP contribution is -2.25. The van der Waals surface area contributed by atoms with Crippen LogP contribution < -0.4 is 4.90 Å². The topological polar surface area (TPSA) is 88.4 Å². The molecule has 126 valence electrons. The molecule has 3 aromatic heterocycles. The number of nitrogens with zero attached hydrogens (tertiary/aromatic N) is 7. The van der Waals surface area contributed by atoms with Gasteiger partial charge in [0.15, 0.2) is 0 Å². The Bertz CT molecular complexity index is 888. The molecule has 0 aliphatic carbocycles. The number of hydrogen-bond donors (Lipinski definition) is 1. The summed E-state index contributed by atoms with van der Waals surface area (Å²) >= 11 is 3.34. The fourth-order valence-corrected chi connectivity index (χ4v) is 3.32. The first kappa shape index (κ1) is 15.3. The Hall–Kier alpha value is -2.24. The third kappa shape index (κ3) is 2.50. The molecule has 1 saturated heterocycles. The van der Waals surface area contributed by atoms with E-state index in [2.05, 4.69) is 46.4 Å². The number of rotatable bonds is 2. The molecule has 3 aromatic rings. The maximum atomic E-state index is 13.0. The molecular formula is C12H10BrF3N8. The lowest BCUT2D eigenvalue weighted by atomic mass is 10.2. The van der Waals surface area contributed by atoms with Gasteiger partial charge in [0.25, 0.3) is 5.82 Å². The predicted molar refractivity (Wildman–Crippen MR) is 80.3 cm³/mol. The van der Waals surface area contributed by atoms with Gasteiger partial charge in [0, 0.05) is 13.1 Å². The van der Waals surface area contributed by atoms with Crippen LogP contribution in [0.3, 0.4) is 0 Å². The van der Waals surface area contributed by atoms with Crippen molar-refractivity contribution in [1.29, 1.82) is 0 Å². The summed E-state index contributed by atoms with van der Waals surface area (Å²) in [6, 6.07) is 1.37. The number of H-pyrrole nitrogens is 1. The minimum atomic E-state index is -4.58. The van der Waals surface area contributed by atoms with Crippen molar-refractivity contribution in [3.63, 3.8) is 0 Å². The van der Waals surface area contributed by atoms with Crippen LogP contribution in [0.25, 0.3) is 11.0 Å². The Morgan fingerprint density at radius 1 is 1.29 bits per heavy atom. The van der Waals surface area contributed by atoms with Crippen LogP contribution in [0.4, 0.5) is 19.0 Å². The molecule has 1 atom stereocenters. The van der Waals surface area contributed by atoms with E-state index in [1.165, 1.54) is 6.33 Å². The summed E-state index contributed by atoms with van der Waals surface area (Å²) in [5.74, 6) is -0.405. The second kappa shape index (κ2) is 5.40. The van der Waals surface area contributed by atoms with Crippen molar-refractivity contribution < 1.29 is 13.2 Å². The molecule has 1 N–H and O–H groups in total. The van der Waals surface area contributed by atoms with E-state index in [1.54, 1.807) is 0 Å². The first-order valence-electron chi connectivity index (χ1n) is 7.02. The number of hydrogen-bond acceptors (Lipinski definition) is 6. The van der Waals surface area contributed by atoms with Gasteiger partial charge in [0.05, 0.1) is 16.0 Å². The average molecular weight is 403 g/mol. The molecular weight excluding hydrogens is 393 g/mol. The average Bonchev–Trinajstić information content (AvgIpc) is 3.23. The zero-order chi connectivity index (χ0) is 16.9. The summed E-state index contributed by atoms with van der Waals surface area (Å²) in [6.07, 6.45) is -2.66. The fraction of sp³-hybridized carbons (Fsp3) is 0.417. The molecule has 0 radical (unpaired) electrons. The van der Waals surface area contributed by atoms with Crippen molar-refractivity contribution in [3.05, 3.63) is 22.8 Å². The van der Waals surface area contributed by atoms with Gasteiger partial charge in [-0.15, -0.1) is 5.10 Å². The van der Waals surface area contributed by atoms with Gasteiger partial charge in [-0.3, -0.25) is 0 Å². The van der Waals surface area contributed by atoms with Gasteiger partial charge in [-0.1, -0.05) is 0 Å². The van der Waals surface area contributed by atoms with E-state index in [0.717, 1.165) is 14.7 Å². The first-order valence-corrected chi connectivity index (χ1v) is 7.82. The highest BCUT2D eigenvalue weighted by atomic mass is 79.9. The van der Waals surface area contributed by atoms with E-state index in [9.17, 15) is 13.2 Å². The Kier molecular flexibility index (Phi) is 3.44. The van der Waals surface area contributed by atoms with Gasteiger partial charge in [0.1, 0.15) is 17.8 Å². The summed E-state index contributed by atoms with van der Waals surface area (Å²) in [5.41, 5.74) is 0.661. The van der Waals surface area contributed by atoms with Crippen LogP contribution in [0.5, 0.6) is 0 Å². The smallest absolute Gasteiger partial charge is 0.354 e. The highest BCUT2D eigenvalue weighted by Gasteiger charge is 2.41. The van der Waals surface area contributed by atoms with Gasteiger partial charge in [-0.2, -0.15) is 13.2 Å². The summed E-state index contributed by atoms with van der Waals surface area (Å²) < 4.78 is 40.5. The first-order chi connectivity index (χ1) is 11.4. The van der Waals surface area contributed by atoms with Crippen LogP contribution in [0.2, 0.25) is 0 Å². The summed E-state index contributed by atoms with van der Waals surface area (Å²) in [5, 5.41) is 10.6. The molecule has 1 aliphatic heterocycles. The number of halogens is 4. The van der Waals surface area contributed by atoms with Gasteiger partial charge >= 0.3 is 6.18 Å². The molecule has 0 aromatic carbocycles. The SMILES string of the molecule is FC(F)(F)c1nnnn1C1CCN(c2ncnc3[nH]c(Br)cc23)C1. The standard InChI is InChI=1S/C12H10BrF3N8/c13-8-3-7-9(19-8)17-5-18-10(7)23-2-1-6(4-23)24-11(12(14,15)16)20-21-22-24/h3,5-6H,1-2,4H2,(H,17,18,19). The molecule has 1 unspecified atom stereocenters. The van der Waals surface area contributed by atoms with Gasteiger partial charge in [-0.05, 0) is 38.8 Å². The van der Waals surface area contributed by atoms with Gasteiger partial charge in [-0.25, -0.2) is 14.6 Å². The van der Waals surface area contributed by atoms with E-state index >= 15 is 0 Å². The van der Waals surface area contributed by atoms with E-state index in [-0.39, 0.29) is 0 Å². The van der Waals surface area contributed by atoms with E-state index in [0.29, 0.717) is 31.0 Å². The van der Waals surface area contributed by atoms with Crippen LogP contribution >= 0.6 is 15.9 Å². The molecule has 8 nitrogen and oxygen atoms in total. The van der Waals surface area contributed by atoms with Crippen LogP contribution in [0.1, 0.15) is 18.3 Å². The van der Waals surface area contributed by atoms with E-state index < -0.39 is 18.0 Å². The summed E-state index contributed by atoms with van der Waals surface area (Å²) in [6.45, 7) is 0.889. The van der Waals surface area contributed by atoms with E-state index in [4.69, 9.17) is 0 Å². The number of tetrazole rings is 1. The molecule has 24 heavy (non-hydrogen) atoms. The van der Waals surface area contributed by atoms with Crippen LogP contribution in [0, 0.1) is 0 Å². The highest BCUT2D eigenvalue weighted by Crippen LogP contribution is 2.34. The second-order valence-corrected chi connectivity index (χ2v) is 6.26. The Labute approximate surface area is 141 Å².